The van der Waals surface area contributed by atoms with Crippen LogP contribution in [0, 0.1) is 0 Å². The molecule has 3 aromatic rings. The molecular formula is C28H43N7O3Si. The van der Waals surface area contributed by atoms with Crippen LogP contribution in [0.4, 0.5) is 5.82 Å². The van der Waals surface area contributed by atoms with Crippen molar-refractivity contribution >= 4 is 24.9 Å². The number of rotatable bonds is 8. The molecular weight excluding hydrogens is 510 g/mol. The molecule has 0 aliphatic carbocycles. The molecule has 0 saturated carbocycles. The van der Waals surface area contributed by atoms with Gasteiger partial charge in [-0.3, -0.25) is 0 Å². The molecule has 6 heterocycles. The molecule has 212 valence electrons. The Kier molecular flexibility index (Phi) is 7.07. The zero-order valence-corrected chi connectivity index (χ0v) is 25.0. The van der Waals surface area contributed by atoms with Crippen molar-refractivity contribution < 1.29 is 14.6 Å². The molecule has 10 nitrogen and oxygen atoms in total. The van der Waals surface area contributed by atoms with E-state index < -0.39 is 13.7 Å². The van der Waals surface area contributed by atoms with E-state index in [1.165, 1.54) is 0 Å². The Bertz CT molecular complexity index is 1300. The predicted octanol–water partition coefficient (Wildman–Crippen LogP) is 3.60. The molecule has 0 spiro atoms. The van der Waals surface area contributed by atoms with Crippen molar-refractivity contribution in [3.05, 3.63) is 30.1 Å². The molecule has 3 saturated heterocycles. The van der Waals surface area contributed by atoms with Crippen LogP contribution in [-0.4, -0.2) is 94.2 Å². The molecule has 3 aliphatic heterocycles. The van der Waals surface area contributed by atoms with Crippen LogP contribution in [0.25, 0.3) is 16.9 Å². The summed E-state index contributed by atoms with van der Waals surface area (Å²) in [5, 5.41) is 22.5. The summed E-state index contributed by atoms with van der Waals surface area (Å²) in [4.78, 5) is 9.92. The Morgan fingerprint density at radius 3 is 2.67 bits per heavy atom. The summed E-state index contributed by atoms with van der Waals surface area (Å²) in [5.74, 6) is 1.67. The first kappa shape index (κ1) is 26.9. The maximum absolute atomic E-state index is 12.3. The zero-order valence-electron chi connectivity index (χ0n) is 24.0. The van der Waals surface area contributed by atoms with Gasteiger partial charge in [-0.15, -0.1) is 0 Å². The van der Waals surface area contributed by atoms with Gasteiger partial charge in [-0.1, -0.05) is 19.6 Å². The van der Waals surface area contributed by atoms with Gasteiger partial charge in [0.1, 0.15) is 12.5 Å². The van der Waals surface area contributed by atoms with Crippen LogP contribution in [0.5, 0.6) is 0 Å². The minimum Gasteiger partial charge on any atom is -0.385 e. The highest BCUT2D eigenvalue weighted by Gasteiger charge is 2.48. The highest BCUT2D eigenvalue weighted by atomic mass is 28.3. The van der Waals surface area contributed by atoms with E-state index in [1.54, 1.807) is 6.20 Å². The van der Waals surface area contributed by atoms with E-state index in [0.29, 0.717) is 32.0 Å². The van der Waals surface area contributed by atoms with Crippen LogP contribution in [0.3, 0.4) is 0 Å². The van der Waals surface area contributed by atoms with Crippen molar-refractivity contribution in [1.82, 2.24) is 29.4 Å². The molecule has 39 heavy (non-hydrogen) atoms. The van der Waals surface area contributed by atoms with Crippen LogP contribution in [0.15, 0.2) is 24.5 Å². The fourth-order valence-corrected chi connectivity index (χ4v) is 7.31. The molecule has 3 atom stereocenters. The van der Waals surface area contributed by atoms with E-state index in [-0.39, 0.29) is 6.04 Å². The topological polar surface area (TPSA) is 93.7 Å². The van der Waals surface area contributed by atoms with Crippen molar-refractivity contribution in [2.45, 2.75) is 88.7 Å². The normalized spacial score (nSPS) is 28.1. The molecule has 3 aliphatic rings. The number of aliphatic hydroxyl groups is 1. The second-order valence-electron chi connectivity index (χ2n) is 13.0. The van der Waals surface area contributed by atoms with E-state index in [0.717, 1.165) is 73.1 Å². The van der Waals surface area contributed by atoms with Crippen molar-refractivity contribution in [2.24, 2.45) is 0 Å². The first-order valence-corrected chi connectivity index (χ1v) is 18.1. The summed E-state index contributed by atoms with van der Waals surface area (Å²) in [7, 11) is 1.03. The summed E-state index contributed by atoms with van der Waals surface area (Å²) in [6.07, 6.45) is 7.38. The Labute approximate surface area is 231 Å². The first-order valence-electron chi connectivity index (χ1n) is 14.4. The van der Waals surface area contributed by atoms with Gasteiger partial charge in [0.15, 0.2) is 11.5 Å². The Hall–Kier alpha value is -2.31. The number of piperidine rings is 1. The van der Waals surface area contributed by atoms with Crippen LogP contribution in [-0.2, 0) is 21.8 Å². The van der Waals surface area contributed by atoms with Crippen LogP contribution >= 0.6 is 0 Å². The lowest BCUT2D eigenvalue weighted by Crippen LogP contribution is -2.48. The molecule has 11 heteroatoms. The molecule has 2 bridgehead atoms. The average molecular weight is 554 g/mol. The maximum Gasteiger partial charge on any atom is 0.167 e. The first-order chi connectivity index (χ1) is 18.6. The van der Waals surface area contributed by atoms with Crippen molar-refractivity contribution in [2.75, 3.05) is 38.3 Å². The molecule has 3 fully saturated rings. The van der Waals surface area contributed by atoms with Gasteiger partial charge in [0.05, 0.1) is 37.3 Å². The summed E-state index contributed by atoms with van der Waals surface area (Å²) in [5.41, 5.74) is 0.761. The highest BCUT2D eigenvalue weighted by molar-refractivity contribution is 6.76. The maximum atomic E-state index is 12.3. The largest absolute Gasteiger partial charge is 0.385 e. The lowest BCUT2D eigenvalue weighted by atomic mass is 9.80. The Morgan fingerprint density at radius 2 is 1.95 bits per heavy atom. The summed E-state index contributed by atoms with van der Waals surface area (Å²) in [6, 6.07) is 6.17. The van der Waals surface area contributed by atoms with Crippen LogP contribution < -0.4 is 4.90 Å². The highest BCUT2D eigenvalue weighted by Crippen LogP contribution is 2.47. The summed E-state index contributed by atoms with van der Waals surface area (Å²) in [6.45, 7) is 12.4. The minimum atomic E-state index is -1.17. The van der Waals surface area contributed by atoms with Crippen molar-refractivity contribution in [3.63, 3.8) is 0 Å². The second-order valence-corrected chi connectivity index (χ2v) is 18.6. The molecule has 6 rings (SSSR count). The minimum absolute atomic E-state index is 0.196. The van der Waals surface area contributed by atoms with E-state index in [9.17, 15) is 5.11 Å². The van der Waals surface area contributed by atoms with Crippen molar-refractivity contribution in [1.29, 1.82) is 0 Å². The van der Waals surface area contributed by atoms with Gasteiger partial charge in [0.25, 0.3) is 0 Å². The molecule has 0 aromatic carbocycles. The quantitative estimate of drug-likeness (QED) is 0.334. The number of pyridine rings is 1. The van der Waals surface area contributed by atoms with Crippen molar-refractivity contribution in [3.8, 4) is 5.82 Å². The SMILES string of the molecule is C[C@@H]1COCCN1c1cc(C2(O)CC3CCC(C2)N3C)c2cnn(-c3ccnn3COCC[Si](C)(C)C)c2n1. The predicted molar refractivity (Wildman–Crippen MR) is 154 cm³/mol. The van der Waals surface area contributed by atoms with Gasteiger partial charge in [-0.05, 0) is 57.3 Å². The number of anilines is 1. The third-order valence-corrected chi connectivity index (χ3v) is 10.6. The van der Waals surface area contributed by atoms with E-state index >= 15 is 0 Å². The monoisotopic (exact) mass is 553 g/mol. The van der Waals surface area contributed by atoms with Gasteiger partial charge >= 0.3 is 0 Å². The zero-order chi connectivity index (χ0) is 27.4. The molecule has 3 aromatic heterocycles. The average Bonchev–Trinajstić information content (AvgIpc) is 3.57. The molecule has 2 unspecified atom stereocenters. The number of hydrogen-bond acceptors (Lipinski definition) is 8. The van der Waals surface area contributed by atoms with Gasteiger partial charge in [-0.2, -0.15) is 14.9 Å². The van der Waals surface area contributed by atoms with Crippen LogP contribution in [0.2, 0.25) is 25.7 Å². The van der Waals surface area contributed by atoms with Gasteiger partial charge in [0.2, 0.25) is 0 Å². The summed E-state index contributed by atoms with van der Waals surface area (Å²) < 4.78 is 15.4. The third kappa shape index (κ3) is 5.15. The molecule has 0 amide bonds. The number of fused-ring (bicyclic) bond motifs is 3. The number of aromatic nitrogens is 5. The van der Waals surface area contributed by atoms with E-state index in [1.807, 2.05) is 21.6 Å². The number of morpholine rings is 1. The fraction of sp³-hybridized carbons (Fsp3) is 0.679. The lowest BCUT2D eigenvalue weighted by Gasteiger charge is -2.43. The third-order valence-electron chi connectivity index (χ3n) is 8.94. The number of ether oxygens (including phenoxy) is 2. The number of hydrogen-bond donors (Lipinski definition) is 1. The standard InChI is InChI=1S/C28H43N7O3Si/c1-20-18-37-11-10-33(20)25-14-24(28(36)15-21-6-7-22(16-28)32(21)2)23-17-30-35(27(23)31-25)26-8-9-29-34(26)19-38-12-13-39(3,4)5/h8-9,14,17,20-22,36H,6-7,10-13,15-16,18-19H2,1-5H3/t20-,21?,22?,28?/m1/s1. The van der Waals surface area contributed by atoms with Gasteiger partial charge in [0, 0.05) is 44.8 Å². The summed E-state index contributed by atoms with van der Waals surface area (Å²) >= 11 is 0. The molecule has 0 radical (unpaired) electrons. The smallest absolute Gasteiger partial charge is 0.167 e. The van der Waals surface area contributed by atoms with Crippen LogP contribution in [0.1, 0.15) is 38.2 Å². The van der Waals surface area contributed by atoms with E-state index in [4.69, 9.17) is 19.6 Å². The Balaban J connectivity index is 1.40. The lowest BCUT2D eigenvalue weighted by molar-refractivity contribution is -0.0482. The van der Waals surface area contributed by atoms with Gasteiger partial charge < -0.3 is 24.4 Å². The second kappa shape index (κ2) is 10.3. The Morgan fingerprint density at radius 1 is 1.18 bits per heavy atom. The number of nitrogens with zero attached hydrogens (tertiary/aromatic N) is 7. The fourth-order valence-electron chi connectivity index (χ4n) is 6.55. The molecule has 1 N–H and O–H groups in total. The van der Waals surface area contributed by atoms with Gasteiger partial charge in [-0.25, -0.2) is 9.67 Å². The van der Waals surface area contributed by atoms with E-state index in [2.05, 4.69) is 54.6 Å².